The van der Waals surface area contributed by atoms with E-state index in [4.69, 9.17) is 4.74 Å². The molecule has 2 aromatic carbocycles. The molecule has 3 rings (SSSR count). The molecule has 0 bridgehead atoms. The minimum atomic E-state index is -3.71. The van der Waals surface area contributed by atoms with Gasteiger partial charge < -0.3 is 10.1 Å². The molecular weight excluding hydrogens is 352 g/mol. The summed E-state index contributed by atoms with van der Waals surface area (Å²) in [5.74, 6) is -0.233. The molecule has 2 aromatic rings. The van der Waals surface area contributed by atoms with Crippen molar-refractivity contribution in [1.29, 1.82) is 0 Å². The van der Waals surface area contributed by atoms with E-state index >= 15 is 0 Å². The Hall–Kier alpha value is -1.96. The molecule has 0 unspecified atom stereocenters. The van der Waals surface area contributed by atoms with Gasteiger partial charge in [-0.3, -0.25) is 4.79 Å². The molecule has 0 spiro atoms. The predicted octanol–water partition coefficient (Wildman–Crippen LogP) is 2.15. The molecule has 1 heterocycles. The summed E-state index contributed by atoms with van der Waals surface area (Å²) in [6, 6.07) is 12.1. The van der Waals surface area contributed by atoms with Crippen molar-refractivity contribution in [2.24, 2.45) is 0 Å². The maximum Gasteiger partial charge on any atom is 0.243 e. The average molecular weight is 376 g/mol. The summed E-state index contributed by atoms with van der Waals surface area (Å²) in [5, 5.41) is 4.67. The number of sulfonamides is 1. The zero-order valence-electron chi connectivity index (χ0n) is 14.8. The van der Waals surface area contributed by atoms with Crippen LogP contribution in [0.3, 0.4) is 0 Å². The molecule has 1 atom stereocenters. The van der Waals surface area contributed by atoms with Crippen LogP contribution in [0, 0.1) is 0 Å². The highest BCUT2D eigenvalue weighted by Gasteiger charge is 2.39. The summed E-state index contributed by atoms with van der Waals surface area (Å²) in [5.41, 5.74) is 0. The van der Waals surface area contributed by atoms with Crippen LogP contribution in [0.5, 0.6) is 0 Å². The van der Waals surface area contributed by atoms with Gasteiger partial charge in [0.15, 0.2) is 0 Å². The van der Waals surface area contributed by atoms with E-state index in [0.717, 1.165) is 10.8 Å². The van der Waals surface area contributed by atoms with Gasteiger partial charge in [0.05, 0.1) is 4.90 Å². The normalized spacial score (nSPS) is 18.3. The fourth-order valence-electron chi connectivity index (χ4n) is 3.30. The molecule has 1 aliphatic rings. The second-order valence-corrected chi connectivity index (χ2v) is 8.31. The number of methoxy groups -OCH3 is 1. The maximum atomic E-state index is 13.1. The second-order valence-electron chi connectivity index (χ2n) is 6.42. The van der Waals surface area contributed by atoms with Crippen molar-refractivity contribution in [3.8, 4) is 0 Å². The van der Waals surface area contributed by atoms with Gasteiger partial charge in [-0.05, 0) is 42.2 Å². The van der Waals surface area contributed by atoms with Crippen molar-refractivity contribution >= 4 is 26.7 Å². The molecule has 140 valence electrons. The second kappa shape index (κ2) is 8.16. The lowest BCUT2D eigenvalue weighted by Crippen LogP contribution is -2.46. The number of benzene rings is 2. The van der Waals surface area contributed by atoms with Crippen LogP contribution in [0.4, 0.5) is 0 Å². The Morgan fingerprint density at radius 2 is 2.00 bits per heavy atom. The topological polar surface area (TPSA) is 75.7 Å². The van der Waals surface area contributed by atoms with Crippen LogP contribution in [0.25, 0.3) is 10.8 Å². The van der Waals surface area contributed by atoms with Gasteiger partial charge in [0, 0.05) is 26.8 Å². The molecule has 0 radical (unpaired) electrons. The smallest absolute Gasteiger partial charge is 0.243 e. The van der Waals surface area contributed by atoms with Crippen LogP contribution in [0.1, 0.15) is 19.3 Å². The fraction of sp³-hybridized carbons (Fsp3) is 0.421. The van der Waals surface area contributed by atoms with E-state index in [9.17, 15) is 13.2 Å². The van der Waals surface area contributed by atoms with Crippen LogP contribution in [0.2, 0.25) is 0 Å². The Kier molecular flexibility index (Phi) is 5.90. The van der Waals surface area contributed by atoms with Crippen molar-refractivity contribution in [3.63, 3.8) is 0 Å². The van der Waals surface area contributed by atoms with Crippen LogP contribution >= 0.6 is 0 Å². The Balaban J connectivity index is 1.79. The zero-order chi connectivity index (χ0) is 18.6. The summed E-state index contributed by atoms with van der Waals surface area (Å²) in [6.07, 6.45) is 1.93. The number of hydrogen-bond acceptors (Lipinski definition) is 4. The van der Waals surface area contributed by atoms with E-state index in [-0.39, 0.29) is 10.8 Å². The molecule has 0 aromatic heterocycles. The summed E-state index contributed by atoms with van der Waals surface area (Å²) in [4.78, 5) is 12.7. The highest BCUT2D eigenvalue weighted by atomic mass is 32.2. The van der Waals surface area contributed by atoms with Gasteiger partial charge in [0.2, 0.25) is 15.9 Å². The fourth-order valence-corrected chi connectivity index (χ4v) is 4.99. The van der Waals surface area contributed by atoms with Gasteiger partial charge in [-0.1, -0.05) is 30.3 Å². The van der Waals surface area contributed by atoms with E-state index in [0.29, 0.717) is 39.0 Å². The highest BCUT2D eigenvalue weighted by molar-refractivity contribution is 7.89. The molecular formula is C19H24N2O4S. The number of carbonyl (C=O) groups excluding carboxylic acids is 1. The molecule has 7 heteroatoms. The number of ether oxygens (including phenoxy) is 1. The monoisotopic (exact) mass is 376 g/mol. The molecule has 1 aliphatic heterocycles. The summed E-state index contributed by atoms with van der Waals surface area (Å²) in [7, 11) is -2.10. The van der Waals surface area contributed by atoms with Crippen molar-refractivity contribution < 1.29 is 17.9 Å². The van der Waals surface area contributed by atoms with Gasteiger partial charge in [0.25, 0.3) is 0 Å². The molecule has 0 saturated carbocycles. The first-order valence-corrected chi connectivity index (χ1v) is 10.3. The highest BCUT2D eigenvalue weighted by Crippen LogP contribution is 2.28. The lowest BCUT2D eigenvalue weighted by Gasteiger charge is -2.23. The van der Waals surface area contributed by atoms with Crippen LogP contribution in [-0.2, 0) is 19.6 Å². The third-order valence-corrected chi connectivity index (χ3v) is 6.56. The van der Waals surface area contributed by atoms with Gasteiger partial charge in [0.1, 0.15) is 6.04 Å². The molecule has 1 N–H and O–H groups in total. The number of fused-ring (bicyclic) bond motifs is 1. The lowest BCUT2D eigenvalue weighted by atomic mass is 10.1. The largest absolute Gasteiger partial charge is 0.385 e. The quantitative estimate of drug-likeness (QED) is 0.751. The van der Waals surface area contributed by atoms with E-state index in [1.165, 1.54) is 4.31 Å². The Morgan fingerprint density at radius 3 is 2.77 bits per heavy atom. The van der Waals surface area contributed by atoms with E-state index < -0.39 is 16.1 Å². The predicted molar refractivity (Wildman–Crippen MR) is 100 cm³/mol. The van der Waals surface area contributed by atoms with Crippen molar-refractivity contribution in [2.75, 3.05) is 26.8 Å². The number of carbonyl (C=O) groups is 1. The molecule has 0 aliphatic carbocycles. The molecule has 1 fully saturated rings. The van der Waals surface area contributed by atoms with Crippen LogP contribution in [0.15, 0.2) is 47.4 Å². The van der Waals surface area contributed by atoms with Crippen LogP contribution < -0.4 is 5.32 Å². The zero-order valence-corrected chi connectivity index (χ0v) is 15.7. The first-order valence-electron chi connectivity index (χ1n) is 8.81. The SMILES string of the molecule is COCCCNC(=O)[C@H]1CCCN1S(=O)(=O)c1ccc2ccccc2c1. The Bertz CT molecular complexity index is 882. The number of amides is 1. The van der Waals surface area contributed by atoms with Crippen molar-refractivity contribution in [2.45, 2.75) is 30.2 Å². The third kappa shape index (κ3) is 3.90. The Morgan fingerprint density at radius 1 is 1.23 bits per heavy atom. The number of rotatable bonds is 7. The minimum absolute atomic E-state index is 0.232. The van der Waals surface area contributed by atoms with E-state index in [1.54, 1.807) is 25.3 Å². The summed E-state index contributed by atoms with van der Waals surface area (Å²) >= 11 is 0. The van der Waals surface area contributed by atoms with Gasteiger partial charge >= 0.3 is 0 Å². The minimum Gasteiger partial charge on any atom is -0.385 e. The summed E-state index contributed by atoms with van der Waals surface area (Å²) < 4.78 is 32.5. The molecule has 6 nitrogen and oxygen atoms in total. The standard InChI is InChI=1S/C19H24N2O4S/c1-25-13-5-11-20-19(22)18-8-4-12-21(18)26(23,24)17-10-9-15-6-2-3-7-16(15)14-17/h2-3,6-7,9-10,14,18H,4-5,8,11-13H2,1H3,(H,20,22)/t18-/m1/s1. The van der Waals surface area contributed by atoms with Crippen molar-refractivity contribution in [1.82, 2.24) is 9.62 Å². The Labute approximate surface area is 154 Å². The maximum absolute atomic E-state index is 13.1. The van der Waals surface area contributed by atoms with E-state index in [1.807, 2.05) is 24.3 Å². The molecule has 1 saturated heterocycles. The van der Waals surface area contributed by atoms with Crippen LogP contribution in [-0.4, -0.2) is 51.5 Å². The van der Waals surface area contributed by atoms with Crippen molar-refractivity contribution in [3.05, 3.63) is 42.5 Å². The van der Waals surface area contributed by atoms with E-state index in [2.05, 4.69) is 5.32 Å². The number of hydrogen-bond donors (Lipinski definition) is 1. The van der Waals surface area contributed by atoms with Gasteiger partial charge in [-0.15, -0.1) is 0 Å². The molecule has 1 amide bonds. The van der Waals surface area contributed by atoms with Gasteiger partial charge in [-0.25, -0.2) is 8.42 Å². The first-order chi connectivity index (χ1) is 12.5. The summed E-state index contributed by atoms with van der Waals surface area (Å²) in [6.45, 7) is 1.41. The molecule has 26 heavy (non-hydrogen) atoms. The number of nitrogens with zero attached hydrogens (tertiary/aromatic N) is 1. The first kappa shape index (κ1) is 18.8. The van der Waals surface area contributed by atoms with Gasteiger partial charge in [-0.2, -0.15) is 4.31 Å². The average Bonchev–Trinajstić information content (AvgIpc) is 3.15. The lowest BCUT2D eigenvalue weighted by molar-refractivity contribution is -0.124. The number of nitrogens with one attached hydrogen (secondary N) is 1. The third-order valence-electron chi connectivity index (χ3n) is 4.66.